The van der Waals surface area contributed by atoms with Crippen LogP contribution < -0.4 is 0 Å². The molecule has 4 heterocycles. The standard InChI is InChI=1S/C23H28O11/c1-20-9-22(29)13-7-23(20,32-18-16(27)15(26)14(25)12(8-24)31-18)21(13,19(33-20)34-22)10-30-17(28)11-5-3-2-4-6-11/h2-6,12-16,18-19,24-27,29H,7-10H2,1H3/t12-,13+,14+,15+,16+,18+,19-,20-,21-,22-,23+/m0/s1. The van der Waals surface area contributed by atoms with Gasteiger partial charge in [0, 0.05) is 12.3 Å². The van der Waals surface area contributed by atoms with E-state index in [0.29, 0.717) is 5.56 Å². The molecule has 11 nitrogen and oxygen atoms in total. The molecule has 7 fully saturated rings. The second-order valence-corrected chi connectivity index (χ2v) is 10.2. The molecule has 7 aliphatic rings. The molecule has 0 radical (unpaired) electrons. The zero-order valence-corrected chi connectivity index (χ0v) is 18.4. The summed E-state index contributed by atoms with van der Waals surface area (Å²) in [6, 6.07) is 8.47. The molecule has 3 aliphatic carbocycles. The highest BCUT2D eigenvalue weighted by Gasteiger charge is 2.94. The van der Waals surface area contributed by atoms with Crippen LogP contribution in [0.2, 0.25) is 0 Å². The van der Waals surface area contributed by atoms with Gasteiger partial charge in [0.25, 0.3) is 0 Å². The quantitative estimate of drug-likeness (QED) is 0.306. The number of rotatable bonds is 6. The summed E-state index contributed by atoms with van der Waals surface area (Å²) in [6.07, 6.45) is -7.87. The molecule has 11 heteroatoms. The fourth-order valence-electron chi connectivity index (χ4n) is 6.87. The van der Waals surface area contributed by atoms with Gasteiger partial charge in [-0.1, -0.05) is 18.2 Å². The molecule has 11 atom stereocenters. The average Bonchev–Trinajstić information content (AvgIpc) is 3.00. The predicted molar refractivity (Wildman–Crippen MR) is 109 cm³/mol. The SMILES string of the molecule is C[C@@]12C[C@]3(O)O[C@H](O1)[C@]1(COC(=O)c4ccccc4)[C@H]3C[C@]12O[C@H]1O[C@@H](CO)[C@@H](O)[C@@H](O)[C@H]1O. The highest BCUT2D eigenvalue weighted by molar-refractivity contribution is 5.89. The van der Waals surface area contributed by atoms with Crippen LogP contribution in [0.15, 0.2) is 30.3 Å². The maximum Gasteiger partial charge on any atom is 0.338 e. The van der Waals surface area contributed by atoms with Crippen LogP contribution in [-0.4, -0.2) is 98.7 Å². The van der Waals surface area contributed by atoms with Gasteiger partial charge in [-0.25, -0.2) is 4.79 Å². The van der Waals surface area contributed by atoms with Crippen LogP contribution in [-0.2, 0) is 23.7 Å². The summed E-state index contributed by atoms with van der Waals surface area (Å²) in [5, 5.41) is 51.7. The number of ether oxygens (including phenoxy) is 5. The Morgan fingerprint density at radius 1 is 1.12 bits per heavy atom. The number of hydrogen-bond donors (Lipinski definition) is 5. The van der Waals surface area contributed by atoms with E-state index in [-0.39, 0.29) is 19.4 Å². The minimum atomic E-state index is -1.61. The van der Waals surface area contributed by atoms with Crippen molar-refractivity contribution < 1.29 is 54.0 Å². The van der Waals surface area contributed by atoms with Gasteiger partial charge in [0.2, 0.25) is 0 Å². The molecular formula is C23H28O11. The van der Waals surface area contributed by atoms with Crippen molar-refractivity contribution in [3.63, 3.8) is 0 Å². The summed E-state index contributed by atoms with van der Waals surface area (Å²) in [7, 11) is 0. The number of hydrogen-bond acceptors (Lipinski definition) is 11. The van der Waals surface area contributed by atoms with Crippen molar-refractivity contribution in [2.45, 2.75) is 73.8 Å². The molecule has 4 saturated heterocycles. The summed E-state index contributed by atoms with van der Waals surface area (Å²) in [5.41, 5.74) is -2.99. The van der Waals surface area contributed by atoms with Gasteiger partial charge >= 0.3 is 5.97 Å². The minimum Gasteiger partial charge on any atom is -0.461 e. The van der Waals surface area contributed by atoms with E-state index >= 15 is 0 Å². The average molecular weight is 480 g/mol. The molecule has 1 aromatic carbocycles. The van der Waals surface area contributed by atoms with Gasteiger partial charge in [-0.2, -0.15) is 0 Å². The molecule has 186 valence electrons. The van der Waals surface area contributed by atoms with Gasteiger partial charge < -0.3 is 49.2 Å². The zero-order valence-electron chi connectivity index (χ0n) is 18.4. The Hall–Kier alpha value is -1.67. The lowest BCUT2D eigenvalue weighted by Crippen LogP contribution is -2.80. The van der Waals surface area contributed by atoms with Crippen molar-refractivity contribution in [3.05, 3.63) is 35.9 Å². The predicted octanol–water partition coefficient (Wildman–Crippen LogP) is -1.36. The van der Waals surface area contributed by atoms with E-state index in [0.717, 1.165) is 0 Å². The number of esters is 1. The van der Waals surface area contributed by atoms with E-state index in [4.69, 9.17) is 23.7 Å². The first-order valence-electron chi connectivity index (χ1n) is 11.4. The van der Waals surface area contributed by atoms with Crippen molar-refractivity contribution in [2.75, 3.05) is 13.2 Å². The van der Waals surface area contributed by atoms with Crippen molar-refractivity contribution >= 4 is 5.97 Å². The van der Waals surface area contributed by atoms with Gasteiger partial charge in [0.1, 0.15) is 42.2 Å². The van der Waals surface area contributed by atoms with Crippen molar-refractivity contribution in [1.29, 1.82) is 0 Å². The van der Waals surface area contributed by atoms with Gasteiger partial charge in [-0.15, -0.1) is 0 Å². The molecule has 0 aromatic heterocycles. The van der Waals surface area contributed by atoms with Crippen LogP contribution in [0.1, 0.15) is 30.1 Å². The Labute approximate surface area is 194 Å². The van der Waals surface area contributed by atoms with E-state index in [2.05, 4.69) is 0 Å². The number of carbonyl (C=O) groups is 1. The molecule has 34 heavy (non-hydrogen) atoms. The van der Waals surface area contributed by atoms with E-state index < -0.39 is 77.9 Å². The van der Waals surface area contributed by atoms with Crippen LogP contribution in [0.25, 0.3) is 0 Å². The van der Waals surface area contributed by atoms with E-state index in [1.54, 1.807) is 37.3 Å². The smallest absolute Gasteiger partial charge is 0.338 e. The normalized spacial score (nSPS) is 52.5. The summed E-state index contributed by atoms with van der Waals surface area (Å²) >= 11 is 0. The molecule has 5 N–H and O–H groups in total. The Morgan fingerprint density at radius 3 is 2.56 bits per heavy atom. The highest BCUT2D eigenvalue weighted by atomic mass is 16.8. The van der Waals surface area contributed by atoms with Gasteiger partial charge in [0.15, 0.2) is 18.4 Å². The third-order valence-electron chi connectivity index (χ3n) is 8.57. The molecule has 6 bridgehead atoms. The number of aliphatic hydroxyl groups excluding tert-OH is 4. The van der Waals surface area contributed by atoms with Crippen molar-refractivity contribution in [3.8, 4) is 0 Å². The van der Waals surface area contributed by atoms with Crippen LogP contribution in [0.5, 0.6) is 0 Å². The van der Waals surface area contributed by atoms with Gasteiger partial charge in [-0.3, -0.25) is 0 Å². The largest absolute Gasteiger partial charge is 0.461 e. The van der Waals surface area contributed by atoms with Gasteiger partial charge in [-0.05, 0) is 25.5 Å². The number of aliphatic hydroxyl groups is 5. The maximum atomic E-state index is 12.7. The first kappa shape index (κ1) is 22.8. The van der Waals surface area contributed by atoms with Crippen LogP contribution in [0.3, 0.4) is 0 Å². The Balaban J connectivity index is 1.32. The lowest BCUT2D eigenvalue weighted by Gasteiger charge is -2.67. The van der Waals surface area contributed by atoms with Crippen LogP contribution in [0, 0.1) is 11.3 Å². The van der Waals surface area contributed by atoms with Crippen molar-refractivity contribution in [2.24, 2.45) is 11.3 Å². The summed E-state index contributed by atoms with van der Waals surface area (Å²) < 4.78 is 29.7. The van der Waals surface area contributed by atoms with E-state index in [1.807, 2.05) is 0 Å². The van der Waals surface area contributed by atoms with Crippen LogP contribution >= 0.6 is 0 Å². The molecule has 3 saturated carbocycles. The summed E-state index contributed by atoms with van der Waals surface area (Å²) in [5.74, 6) is -2.49. The fraction of sp³-hybridized carbons (Fsp3) is 0.696. The van der Waals surface area contributed by atoms with E-state index in [1.165, 1.54) is 0 Å². The maximum absolute atomic E-state index is 12.7. The Bertz CT molecular complexity index is 988. The van der Waals surface area contributed by atoms with E-state index in [9.17, 15) is 30.3 Å². The molecule has 4 aliphatic heterocycles. The monoisotopic (exact) mass is 480 g/mol. The lowest BCUT2D eigenvalue weighted by molar-refractivity contribution is -0.424. The lowest BCUT2D eigenvalue weighted by atomic mass is 9.41. The summed E-state index contributed by atoms with van der Waals surface area (Å²) in [4.78, 5) is 12.7. The first-order chi connectivity index (χ1) is 16.1. The second kappa shape index (κ2) is 7.19. The third-order valence-corrected chi connectivity index (χ3v) is 8.57. The van der Waals surface area contributed by atoms with Crippen LogP contribution in [0.4, 0.5) is 0 Å². The fourth-order valence-corrected chi connectivity index (χ4v) is 6.87. The highest BCUT2D eigenvalue weighted by Crippen LogP contribution is 2.81. The molecule has 0 unspecified atom stereocenters. The third kappa shape index (κ3) is 2.59. The second-order valence-electron chi connectivity index (χ2n) is 10.2. The Morgan fingerprint density at radius 2 is 1.85 bits per heavy atom. The molecule has 0 amide bonds. The number of benzene rings is 1. The topological polar surface area (TPSA) is 164 Å². The zero-order chi connectivity index (χ0) is 24.1. The minimum absolute atomic E-state index is 0.0902. The van der Waals surface area contributed by atoms with Gasteiger partial charge in [0.05, 0.1) is 17.6 Å². The summed E-state index contributed by atoms with van der Waals surface area (Å²) in [6.45, 7) is 0.985. The molecule has 8 rings (SSSR count). The molecule has 0 spiro atoms. The first-order valence-corrected chi connectivity index (χ1v) is 11.4. The number of carbonyl (C=O) groups excluding carboxylic acids is 1. The Kier molecular flexibility index (Phi) is 4.81. The molecule has 1 aromatic rings. The molecular weight excluding hydrogens is 452 g/mol. The van der Waals surface area contributed by atoms with Crippen molar-refractivity contribution in [1.82, 2.24) is 0 Å².